The van der Waals surface area contributed by atoms with Gasteiger partial charge in [0.2, 0.25) is 0 Å². The number of benzene rings is 1. The lowest BCUT2D eigenvalue weighted by Crippen LogP contribution is -2.45. The van der Waals surface area contributed by atoms with E-state index in [1.807, 2.05) is 0 Å². The summed E-state index contributed by atoms with van der Waals surface area (Å²) in [6.45, 7) is 3.10. The van der Waals surface area contributed by atoms with E-state index in [1.165, 1.54) is 17.5 Å². The predicted molar refractivity (Wildman–Crippen MR) is 76.8 cm³/mol. The molecule has 4 atom stereocenters. The van der Waals surface area contributed by atoms with Crippen LogP contribution in [0.25, 0.3) is 0 Å². The molecule has 0 saturated carbocycles. The van der Waals surface area contributed by atoms with Crippen LogP contribution < -0.4 is 11.3 Å². The molecule has 0 amide bonds. The molecular weight excluding hydrogens is 236 g/mol. The molecule has 3 nitrogen and oxygen atoms in total. The van der Waals surface area contributed by atoms with Crippen molar-refractivity contribution in [3.63, 3.8) is 0 Å². The van der Waals surface area contributed by atoms with Crippen LogP contribution in [-0.4, -0.2) is 18.8 Å². The van der Waals surface area contributed by atoms with Gasteiger partial charge in [0.25, 0.3) is 0 Å². The molecule has 1 saturated heterocycles. The van der Waals surface area contributed by atoms with E-state index in [9.17, 15) is 0 Å². The van der Waals surface area contributed by atoms with Gasteiger partial charge in [-0.15, -0.1) is 0 Å². The van der Waals surface area contributed by atoms with Crippen molar-refractivity contribution >= 4 is 0 Å². The van der Waals surface area contributed by atoms with Crippen LogP contribution in [0.2, 0.25) is 0 Å². The van der Waals surface area contributed by atoms with Crippen molar-refractivity contribution in [2.75, 3.05) is 6.61 Å². The number of nitrogens with one attached hydrogen (secondary N) is 1. The van der Waals surface area contributed by atoms with Crippen molar-refractivity contribution in [3.05, 3.63) is 35.4 Å². The molecular formula is C16H24N2O. The Balaban J connectivity index is 1.65. The molecule has 0 bridgehead atoms. The van der Waals surface area contributed by atoms with Gasteiger partial charge in [-0.2, -0.15) is 0 Å². The molecule has 19 heavy (non-hydrogen) atoms. The van der Waals surface area contributed by atoms with Crippen LogP contribution in [0.15, 0.2) is 24.3 Å². The summed E-state index contributed by atoms with van der Waals surface area (Å²) >= 11 is 0. The summed E-state index contributed by atoms with van der Waals surface area (Å²) in [4.78, 5) is 0. The van der Waals surface area contributed by atoms with Gasteiger partial charge in [-0.05, 0) is 42.7 Å². The number of hydrazine groups is 1. The number of hydrogen-bond acceptors (Lipinski definition) is 3. The van der Waals surface area contributed by atoms with E-state index in [1.54, 1.807) is 0 Å². The second kappa shape index (κ2) is 5.61. The molecule has 3 rings (SSSR count). The van der Waals surface area contributed by atoms with E-state index in [0.717, 1.165) is 25.9 Å². The summed E-state index contributed by atoms with van der Waals surface area (Å²) in [5.74, 6) is 7.06. The maximum absolute atomic E-state index is 5.81. The van der Waals surface area contributed by atoms with Crippen molar-refractivity contribution in [1.82, 2.24) is 5.43 Å². The molecule has 0 aromatic heterocycles. The smallest absolute Gasteiger partial charge is 0.0616 e. The van der Waals surface area contributed by atoms with Gasteiger partial charge in [-0.3, -0.25) is 11.3 Å². The minimum Gasteiger partial charge on any atom is -0.378 e. The number of nitrogens with two attached hydrogens (primary N) is 1. The Morgan fingerprint density at radius 3 is 3.00 bits per heavy atom. The van der Waals surface area contributed by atoms with Crippen molar-refractivity contribution in [2.24, 2.45) is 11.8 Å². The molecule has 0 spiro atoms. The van der Waals surface area contributed by atoms with Gasteiger partial charge in [0, 0.05) is 18.6 Å². The Kier molecular flexibility index (Phi) is 3.87. The third-order valence-corrected chi connectivity index (χ3v) is 4.89. The molecule has 1 heterocycles. The van der Waals surface area contributed by atoms with Crippen LogP contribution in [0.3, 0.4) is 0 Å². The van der Waals surface area contributed by atoms with Crippen LogP contribution in [0.1, 0.15) is 43.2 Å². The van der Waals surface area contributed by atoms with E-state index < -0.39 is 0 Å². The van der Waals surface area contributed by atoms with Crippen LogP contribution in [0.4, 0.5) is 0 Å². The average molecular weight is 260 g/mol. The summed E-state index contributed by atoms with van der Waals surface area (Å²) in [5, 5.41) is 0. The third-order valence-electron chi connectivity index (χ3n) is 4.89. The molecule has 1 aliphatic carbocycles. The lowest BCUT2D eigenvalue weighted by atomic mass is 9.72. The van der Waals surface area contributed by atoms with Crippen molar-refractivity contribution in [1.29, 1.82) is 0 Å². The highest BCUT2D eigenvalue weighted by molar-refractivity contribution is 5.39. The third kappa shape index (κ3) is 2.42. The molecule has 1 fully saturated rings. The fraction of sp³-hybridized carbons (Fsp3) is 0.625. The molecule has 3 heteroatoms. The van der Waals surface area contributed by atoms with E-state index >= 15 is 0 Å². The summed E-state index contributed by atoms with van der Waals surface area (Å²) in [6.07, 6.45) is 4.96. The largest absolute Gasteiger partial charge is 0.378 e. The first kappa shape index (κ1) is 13.1. The summed E-state index contributed by atoms with van der Waals surface area (Å²) in [5.41, 5.74) is 6.09. The molecule has 3 N–H and O–H groups in total. The molecule has 4 unspecified atom stereocenters. The lowest BCUT2D eigenvalue weighted by molar-refractivity contribution is 0.0752. The topological polar surface area (TPSA) is 47.3 Å². The fourth-order valence-corrected chi connectivity index (χ4v) is 3.79. The zero-order valence-electron chi connectivity index (χ0n) is 11.6. The van der Waals surface area contributed by atoms with Crippen molar-refractivity contribution < 1.29 is 4.74 Å². The SMILES string of the molecule is CCC1OCCC1C(CC1Cc2ccccc21)NN. The predicted octanol–water partition coefficient (Wildman–Crippen LogP) is 2.36. The maximum Gasteiger partial charge on any atom is 0.0616 e. The van der Waals surface area contributed by atoms with Crippen LogP contribution in [0.5, 0.6) is 0 Å². The van der Waals surface area contributed by atoms with E-state index in [2.05, 4.69) is 36.6 Å². The minimum absolute atomic E-state index is 0.380. The molecule has 1 aliphatic heterocycles. The monoisotopic (exact) mass is 260 g/mol. The first-order valence-electron chi connectivity index (χ1n) is 7.49. The summed E-state index contributed by atoms with van der Waals surface area (Å²) in [6, 6.07) is 9.16. The first-order chi connectivity index (χ1) is 9.33. The maximum atomic E-state index is 5.81. The molecule has 1 aromatic carbocycles. The molecule has 0 radical (unpaired) electrons. The average Bonchev–Trinajstić information content (AvgIpc) is 2.88. The second-order valence-electron chi connectivity index (χ2n) is 5.88. The van der Waals surface area contributed by atoms with Gasteiger partial charge >= 0.3 is 0 Å². The van der Waals surface area contributed by atoms with Gasteiger partial charge < -0.3 is 4.74 Å². The highest BCUT2D eigenvalue weighted by Crippen LogP contribution is 2.40. The van der Waals surface area contributed by atoms with E-state index in [0.29, 0.717) is 24.0 Å². The number of ether oxygens (including phenoxy) is 1. The van der Waals surface area contributed by atoms with Crippen molar-refractivity contribution in [3.8, 4) is 0 Å². The molecule has 1 aromatic rings. The lowest BCUT2D eigenvalue weighted by Gasteiger charge is -2.35. The Labute approximate surface area is 115 Å². The minimum atomic E-state index is 0.380. The summed E-state index contributed by atoms with van der Waals surface area (Å²) < 4.78 is 5.80. The highest BCUT2D eigenvalue weighted by atomic mass is 16.5. The second-order valence-corrected chi connectivity index (χ2v) is 5.88. The number of rotatable bonds is 5. The van der Waals surface area contributed by atoms with Gasteiger partial charge in [0.1, 0.15) is 0 Å². The Morgan fingerprint density at radius 1 is 1.42 bits per heavy atom. The Bertz CT molecular complexity index is 435. The fourth-order valence-electron chi connectivity index (χ4n) is 3.79. The zero-order chi connectivity index (χ0) is 13.2. The van der Waals surface area contributed by atoms with Crippen LogP contribution in [0, 0.1) is 5.92 Å². The van der Waals surface area contributed by atoms with Crippen LogP contribution in [-0.2, 0) is 11.2 Å². The summed E-state index contributed by atoms with van der Waals surface area (Å²) in [7, 11) is 0. The zero-order valence-corrected chi connectivity index (χ0v) is 11.6. The standard InChI is InChI=1S/C16H24N2O/c1-2-16-14(7-8-19-16)15(18-17)10-12-9-11-5-3-4-6-13(11)12/h3-6,12,14-16,18H,2,7-10,17H2,1H3. The quantitative estimate of drug-likeness (QED) is 0.631. The molecule has 104 valence electrons. The Morgan fingerprint density at radius 2 is 2.26 bits per heavy atom. The first-order valence-corrected chi connectivity index (χ1v) is 7.49. The Hall–Kier alpha value is -0.900. The number of hydrogen-bond donors (Lipinski definition) is 2. The van der Waals surface area contributed by atoms with E-state index in [4.69, 9.17) is 10.6 Å². The van der Waals surface area contributed by atoms with Crippen molar-refractivity contribution in [2.45, 2.75) is 50.7 Å². The van der Waals surface area contributed by atoms with Crippen LogP contribution >= 0.6 is 0 Å². The van der Waals surface area contributed by atoms with Gasteiger partial charge in [0.05, 0.1) is 6.10 Å². The van der Waals surface area contributed by atoms with Gasteiger partial charge in [-0.25, -0.2) is 0 Å². The number of fused-ring (bicyclic) bond motifs is 1. The molecule has 2 aliphatic rings. The normalized spacial score (nSPS) is 30.7. The van der Waals surface area contributed by atoms with Gasteiger partial charge in [0.15, 0.2) is 0 Å². The van der Waals surface area contributed by atoms with Gasteiger partial charge in [-0.1, -0.05) is 31.2 Å². The highest BCUT2D eigenvalue weighted by Gasteiger charge is 2.36. The van der Waals surface area contributed by atoms with E-state index in [-0.39, 0.29) is 0 Å².